The van der Waals surface area contributed by atoms with Crippen LogP contribution in [0.25, 0.3) is 0 Å². The van der Waals surface area contributed by atoms with Gasteiger partial charge in [-0.15, -0.1) is 0 Å². The van der Waals surface area contributed by atoms with Crippen LogP contribution in [0.2, 0.25) is 0 Å². The predicted octanol–water partition coefficient (Wildman–Crippen LogP) is -0.0377. The zero-order valence-electron chi connectivity index (χ0n) is 6.44. The molecule has 5 nitrogen and oxygen atoms in total. The first-order chi connectivity index (χ1) is 5.65. The molecular formula is C7H8N2O3. The largest absolute Gasteiger partial charge is 0.425 e. The first-order valence-electron chi connectivity index (χ1n) is 3.28. The number of aryl methyl sites for hydroxylation is 1. The number of nitrogens with zero attached hydrogens (tertiary/aromatic N) is 1. The Balaban J connectivity index is 3.22. The molecular weight excluding hydrogens is 160 g/mol. The van der Waals surface area contributed by atoms with E-state index in [1.165, 1.54) is 6.07 Å². The van der Waals surface area contributed by atoms with Gasteiger partial charge in [0.25, 0.3) is 5.56 Å². The van der Waals surface area contributed by atoms with Crippen molar-refractivity contribution in [3.8, 4) is 0 Å². The fraction of sp³-hybridized carbons (Fsp3) is 0.143. The van der Waals surface area contributed by atoms with E-state index in [1.807, 2.05) is 0 Å². The van der Waals surface area contributed by atoms with Crippen LogP contribution in [-0.4, -0.2) is 16.3 Å². The molecule has 0 aliphatic carbocycles. The summed E-state index contributed by atoms with van der Waals surface area (Å²) in [7, 11) is 0. The van der Waals surface area contributed by atoms with Crippen LogP contribution in [-0.2, 0) is 4.79 Å². The molecule has 0 unspecified atom stereocenters. The minimum absolute atomic E-state index is 0.409. The molecule has 0 saturated heterocycles. The number of amides is 1. The molecule has 1 aromatic heterocycles. The Kier molecular flexibility index (Phi) is 2.14. The van der Waals surface area contributed by atoms with Gasteiger partial charge in [-0.25, -0.2) is 0 Å². The van der Waals surface area contributed by atoms with Crippen molar-refractivity contribution in [1.82, 2.24) is 4.73 Å². The number of carbonyl (C=O) groups excluding carboxylic acids is 1. The highest BCUT2D eigenvalue weighted by Gasteiger charge is 2.00. The first kappa shape index (κ1) is 8.32. The molecule has 0 aliphatic rings. The second-order valence-electron chi connectivity index (χ2n) is 2.32. The van der Waals surface area contributed by atoms with E-state index in [2.05, 4.69) is 5.32 Å². The molecule has 2 N–H and O–H groups in total. The summed E-state index contributed by atoms with van der Waals surface area (Å²) in [6.07, 6.45) is 1.62. The third-order valence-corrected chi connectivity index (χ3v) is 1.46. The van der Waals surface area contributed by atoms with Crippen LogP contribution in [0.4, 0.5) is 5.69 Å². The molecule has 12 heavy (non-hydrogen) atoms. The van der Waals surface area contributed by atoms with Crippen molar-refractivity contribution >= 4 is 12.1 Å². The average Bonchev–Trinajstić information content (AvgIpc) is 2.01. The highest BCUT2D eigenvalue weighted by Crippen LogP contribution is 2.08. The lowest BCUT2D eigenvalue weighted by Crippen LogP contribution is -2.17. The maximum absolute atomic E-state index is 10.8. The average molecular weight is 168 g/mol. The molecule has 5 heteroatoms. The van der Waals surface area contributed by atoms with Gasteiger partial charge in [-0.05, 0) is 12.5 Å². The summed E-state index contributed by atoms with van der Waals surface area (Å²) in [5.41, 5.74) is 0.494. The summed E-state index contributed by atoms with van der Waals surface area (Å²) < 4.78 is 0.416. The lowest BCUT2D eigenvalue weighted by Gasteiger charge is -2.03. The van der Waals surface area contributed by atoms with E-state index in [-0.39, 0.29) is 0 Å². The standard InChI is InChI=1S/C7H8N2O3/c1-5-2-7(11)9(12)3-6(5)8-4-10/h2-4,12H,1H3,(H,8,10). The molecule has 0 atom stereocenters. The maximum Gasteiger partial charge on any atom is 0.283 e. The van der Waals surface area contributed by atoms with Gasteiger partial charge in [0, 0.05) is 6.07 Å². The molecule has 1 rings (SSSR count). The minimum atomic E-state index is -0.524. The van der Waals surface area contributed by atoms with Crippen molar-refractivity contribution in [2.75, 3.05) is 5.32 Å². The summed E-state index contributed by atoms with van der Waals surface area (Å²) in [4.78, 5) is 20.8. The number of pyridine rings is 1. The fourth-order valence-corrected chi connectivity index (χ4v) is 0.831. The Hall–Kier alpha value is -1.78. The zero-order chi connectivity index (χ0) is 9.14. The van der Waals surface area contributed by atoms with Crippen molar-refractivity contribution in [3.05, 3.63) is 28.2 Å². The summed E-state index contributed by atoms with van der Waals surface area (Å²) >= 11 is 0. The van der Waals surface area contributed by atoms with E-state index >= 15 is 0 Å². The van der Waals surface area contributed by atoms with Gasteiger partial charge in [0.15, 0.2) is 0 Å². The molecule has 0 aliphatic heterocycles. The van der Waals surface area contributed by atoms with Crippen molar-refractivity contribution in [1.29, 1.82) is 0 Å². The summed E-state index contributed by atoms with van der Waals surface area (Å²) in [5, 5.41) is 11.2. The Morgan fingerprint density at radius 3 is 2.92 bits per heavy atom. The highest BCUT2D eigenvalue weighted by molar-refractivity contribution is 5.72. The molecule has 0 bridgehead atoms. The highest BCUT2D eigenvalue weighted by atomic mass is 16.5. The second-order valence-corrected chi connectivity index (χ2v) is 2.32. The molecule has 0 aromatic carbocycles. The smallest absolute Gasteiger partial charge is 0.283 e. The van der Waals surface area contributed by atoms with E-state index in [4.69, 9.17) is 5.21 Å². The van der Waals surface area contributed by atoms with E-state index in [0.29, 0.717) is 22.4 Å². The molecule has 1 aromatic rings. The normalized spacial score (nSPS) is 9.42. The number of carbonyl (C=O) groups is 1. The monoisotopic (exact) mass is 168 g/mol. The van der Waals surface area contributed by atoms with Crippen molar-refractivity contribution < 1.29 is 10.0 Å². The SMILES string of the molecule is Cc1cc(=O)n(O)cc1NC=O. The minimum Gasteiger partial charge on any atom is -0.425 e. The molecule has 0 saturated carbocycles. The summed E-state index contributed by atoms with van der Waals surface area (Å²) in [5.74, 6) is 0. The first-order valence-corrected chi connectivity index (χ1v) is 3.28. The molecule has 0 spiro atoms. The number of anilines is 1. The van der Waals surface area contributed by atoms with Gasteiger partial charge in [-0.1, -0.05) is 0 Å². The maximum atomic E-state index is 10.8. The van der Waals surface area contributed by atoms with Gasteiger partial charge in [-0.3, -0.25) is 9.59 Å². The summed E-state index contributed by atoms with van der Waals surface area (Å²) in [6, 6.07) is 1.23. The number of rotatable bonds is 2. The molecule has 64 valence electrons. The zero-order valence-corrected chi connectivity index (χ0v) is 6.44. The summed E-state index contributed by atoms with van der Waals surface area (Å²) in [6.45, 7) is 1.66. The third kappa shape index (κ3) is 1.45. The van der Waals surface area contributed by atoms with Gasteiger partial charge in [0.1, 0.15) is 0 Å². The van der Waals surface area contributed by atoms with Crippen molar-refractivity contribution in [2.24, 2.45) is 0 Å². The second kappa shape index (κ2) is 3.08. The van der Waals surface area contributed by atoms with Crippen LogP contribution >= 0.6 is 0 Å². The van der Waals surface area contributed by atoms with Crippen LogP contribution in [0, 0.1) is 6.92 Å². The number of aromatic nitrogens is 1. The molecule has 1 amide bonds. The quantitative estimate of drug-likeness (QED) is 0.481. The van der Waals surface area contributed by atoms with Crippen LogP contribution < -0.4 is 10.9 Å². The lowest BCUT2D eigenvalue weighted by atomic mass is 10.2. The van der Waals surface area contributed by atoms with Crippen LogP contribution in [0.1, 0.15) is 5.56 Å². The fourth-order valence-electron chi connectivity index (χ4n) is 0.831. The van der Waals surface area contributed by atoms with Crippen molar-refractivity contribution in [2.45, 2.75) is 6.92 Å². The van der Waals surface area contributed by atoms with Crippen molar-refractivity contribution in [3.63, 3.8) is 0 Å². The molecule has 1 heterocycles. The van der Waals surface area contributed by atoms with Crippen LogP contribution in [0.3, 0.4) is 0 Å². The van der Waals surface area contributed by atoms with Gasteiger partial charge < -0.3 is 10.5 Å². The van der Waals surface area contributed by atoms with Gasteiger partial charge >= 0.3 is 0 Å². The molecule has 0 radical (unpaired) electrons. The number of nitrogens with one attached hydrogen (secondary N) is 1. The number of hydrogen-bond acceptors (Lipinski definition) is 3. The predicted molar refractivity (Wildman–Crippen MR) is 42.3 cm³/mol. The van der Waals surface area contributed by atoms with E-state index < -0.39 is 5.56 Å². The lowest BCUT2D eigenvalue weighted by molar-refractivity contribution is -0.105. The van der Waals surface area contributed by atoms with Gasteiger partial charge in [-0.2, -0.15) is 4.73 Å². The topological polar surface area (TPSA) is 71.3 Å². The Labute approximate surface area is 68.2 Å². The van der Waals surface area contributed by atoms with Gasteiger partial charge in [0.05, 0.1) is 11.9 Å². The Bertz CT molecular complexity index is 356. The number of hydrogen-bond donors (Lipinski definition) is 2. The van der Waals surface area contributed by atoms with E-state index in [9.17, 15) is 9.59 Å². The van der Waals surface area contributed by atoms with Crippen LogP contribution in [0.5, 0.6) is 0 Å². The Morgan fingerprint density at radius 1 is 1.67 bits per heavy atom. The third-order valence-electron chi connectivity index (χ3n) is 1.46. The van der Waals surface area contributed by atoms with E-state index in [0.717, 1.165) is 6.20 Å². The molecule has 0 fully saturated rings. The van der Waals surface area contributed by atoms with E-state index in [1.54, 1.807) is 6.92 Å². The van der Waals surface area contributed by atoms with Gasteiger partial charge in [0.2, 0.25) is 6.41 Å². The van der Waals surface area contributed by atoms with Crippen LogP contribution in [0.15, 0.2) is 17.1 Å². The Morgan fingerprint density at radius 2 is 2.33 bits per heavy atom.